The molecular formula is C25H23F3N4O2. The van der Waals surface area contributed by atoms with Gasteiger partial charge in [0.25, 0.3) is 5.91 Å². The molecule has 3 aromatic rings. The molecule has 1 fully saturated rings. The minimum absolute atomic E-state index is 0.0996. The predicted octanol–water partition coefficient (Wildman–Crippen LogP) is 5.15. The highest BCUT2D eigenvalue weighted by molar-refractivity contribution is 5.98. The predicted molar refractivity (Wildman–Crippen MR) is 119 cm³/mol. The minimum atomic E-state index is -4.73. The number of aryl methyl sites for hydroxylation is 2. The number of nitrogens with one attached hydrogen (secondary N) is 1. The number of nitriles is 1. The maximum absolute atomic E-state index is 13.2. The summed E-state index contributed by atoms with van der Waals surface area (Å²) in [5.74, 6) is 0.115. The van der Waals surface area contributed by atoms with Gasteiger partial charge in [-0.1, -0.05) is 18.2 Å². The molecule has 34 heavy (non-hydrogen) atoms. The van der Waals surface area contributed by atoms with Gasteiger partial charge in [-0.3, -0.25) is 14.6 Å². The lowest BCUT2D eigenvalue weighted by molar-refractivity contribution is -0.330. The minimum Gasteiger partial charge on any atom is -0.337 e. The number of amides is 1. The third-order valence-corrected chi connectivity index (χ3v) is 6.23. The number of nitrogens with zero attached hydrogens (tertiary/aromatic N) is 3. The van der Waals surface area contributed by atoms with Gasteiger partial charge in [-0.05, 0) is 55.7 Å². The van der Waals surface area contributed by atoms with Crippen LogP contribution < -0.4 is 0 Å². The molecule has 0 unspecified atom stereocenters. The summed E-state index contributed by atoms with van der Waals surface area (Å²) in [5, 5.41) is 15.8. The largest absolute Gasteiger partial charge is 0.522 e. The number of hydrogen-bond donors (Lipinski definition) is 1. The first-order chi connectivity index (χ1) is 16.1. The number of benzene rings is 2. The lowest BCUT2D eigenvalue weighted by Gasteiger charge is -2.40. The van der Waals surface area contributed by atoms with Gasteiger partial charge in [0.05, 0.1) is 29.6 Å². The Labute approximate surface area is 195 Å². The molecule has 0 saturated carbocycles. The molecule has 6 nitrogen and oxygen atoms in total. The maximum Gasteiger partial charge on any atom is 0.522 e. The monoisotopic (exact) mass is 468 g/mol. The topological polar surface area (TPSA) is 82.0 Å². The Hall–Kier alpha value is -3.64. The van der Waals surface area contributed by atoms with Crippen molar-refractivity contribution < 1.29 is 22.7 Å². The number of carbonyl (C=O) groups is 1. The number of likely N-dealkylation sites (tertiary alicyclic amines) is 1. The Morgan fingerprint density at radius 2 is 1.85 bits per heavy atom. The van der Waals surface area contributed by atoms with E-state index in [1.165, 1.54) is 0 Å². The molecule has 0 radical (unpaired) electrons. The van der Waals surface area contributed by atoms with Gasteiger partial charge in [-0.2, -0.15) is 10.4 Å². The molecular weight excluding hydrogens is 445 g/mol. The summed E-state index contributed by atoms with van der Waals surface area (Å²) >= 11 is 0. The molecule has 1 aromatic heterocycles. The fourth-order valence-electron chi connectivity index (χ4n) is 4.18. The normalized spacial score (nSPS) is 14.1. The van der Waals surface area contributed by atoms with Crippen molar-refractivity contribution in [2.45, 2.75) is 39.7 Å². The van der Waals surface area contributed by atoms with Crippen molar-refractivity contribution in [3.63, 3.8) is 0 Å². The van der Waals surface area contributed by atoms with E-state index in [2.05, 4.69) is 21.0 Å². The molecule has 1 amide bonds. The fraction of sp³-hybridized carbons (Fsp3) is 0.320. The van der Waals surface area contributed by atoms with Crippen molar-refractivity contribution in [2.75, 3.05) is 13.1 Å². The van der Waals surface area contributed by atoms with Crippen LogP contribution in [0.2, 0.25) is 0 Å². The van der Waals surface area contributed by atoms with Gasteiger partial charge in [-0.15, -0.1) is 13.2 Å². The number of aromatic amines is 1. The molecule has 1 N–H and O–H groups in total. The van der Waals surface area contributed by atoms with Crippen molar-refractivity contribution in [3.05, 3.63) is 75.5 Å². The average molecular weight is 468 g/mol. The summed E-state index contributed by atoms with van der Waals surface area (Å²) in [5.41, 5.74) is 5.86. The first-order valence-electron chi connectivity index (χ1n) is 10.7. The van der Waals surface area contributed by atoms with E-state index >= 15 is 0 Å². The summed E-state index contributed by atoms with van der Waals surface area (Å²) in [6.07, 6.45) is -4.73. The highest BCUT2D eigenvalue weighted by Gasteiger charge is 2.33. The van der Waals surface area contributed by atoms with Gasteiger partial charge in [-0.25, -0.2) is 0 Å². The van der Waals surface area contributed by atoms with E-state index in [1.807, 2.05) is 32.0 Å². The second-order valence-electron chi connectivity index (χ2n) is 8.53. The van der Waals surface area contributed by atoms with Crippen LogP contribution in [-0.4, -0.2) is 40.5 Å². The lowest BCUT2D eigenvalue weighted by atomic mass is 9.89. The fourth-order valence-corrected chi connectivity index (χ4v) is 4.18. The van der Waals surface area contributed by atoms with Crippen LogP contribution in [0.5, 0.6) is 0 Å². The lowest BCUT2D eigenvalue weighted by Crippen LogP contribution is -2.48. The van der Waals surface area contributed by atoms with Crippen LogP contribution in [0.1, 0.15) is 49.8 Å². The van der Waals surface area contributed by atoms with Crippen molar-refractivity contribution in [1.29, 1.82) is 5.26 Å². The summed E-state index contributed by atoms with van der Waals surface area (Å²) in [6, 6.07) is 13.1. The van der Waals surface area contributed by atoms with Crippen molar-refractivity contribution in [1.82, 2.24) is 15.1 Å². The van der Waals surface area contributed by atoms with Crippen LogP contribution in [0.4, 0.5) is 13.2 Å². The van der Waals surface area contributed by atoms with Crippen LogP contribution in [0, 0.1) is 32.1 Å². The van der Waals surface area contributed by atoms with E-state index in [4.69, 9.17) is 5.26 Å². The highest BCUT2D eigenvalue weighted by atomic mass is 19.4. The number of carbonyl (C=O) groups excluding carboxylic acids is 1. The molecule has 0 spiro atoms. The third-order valence-electron chi connectivity index (χ3n) is 6.23. The number of aromatic nitrogens is 2. The SMILES string of the molecule is Cc1cc(C)c(-c2n[nH]c(COC(F)(F)F)c2C)cc1C(=O)N1CC(c2ccc(C#N)cc2)C1. The third kappa shape index (κ3) is 4.68. The molecule has 9 heteroatoms. The van der Waals surface area contributed by atoms with E-state index in [1.54, 1.807) is 30.0 Å². The van der Waals surface area contributed by atoms with E-state index in [-0.39, 0.29) is 17.5 Å². The number of halogens is 3. The zero-order valence-electron chi connectivity index (χ0n) is 19.0. The summed E-state index contributed by atoms with van der Waals surface area (Å²) < 4.78 is 41.2. The Kier molecular flexibility index (Phi) is 6.19. The summed E-state index contributed by atoms with van der Waals surface area (Å²) in [4.78, 5) is 15.0. The highest BCUT2D eigenvalue weighted by Crippen LogP contribution is 2.33. The molecule has 0 bridgehead atoms. The first kappa shape index (κ1) is 23.5. The Bertz CT molecular complexity index is 1270. The summed E-state index contributed by atoms with van der Waals surface area (Å²) in [6.45, 7) is 5.90. The number of alkyl halides is 3. The van der Waals surface area contributed by atoms with Gasteiger partial charge in [0.1, 0.15) is 0 Å². The molecule has 1 aliphatic rings. The van der Waals surface area contributed by atoms with Gasteiger partial charge < -0.3 is 4.90 Å². The second-order valence-corrected chi connectivity index (χ2v) is 8.53. The molecule has 2 aromatic carbocycles. The smallest absolute Gasteiger partial charge is 0.337 e. The van der Waals surface area contributed by atoms with Gasteiger partial charge in [0.15, 0.2) is 0 Å². The number of rotatable bonds is 5. The molecule has 0 atom stereocenters. The first-order valence-corrected chi connectivity index (χ1v) is 10.7. The van der Waals surface area contributed by atoms with Crippen LogP contribution in [0.25, 0.3) is 11.3 Å². The second kappa shape index (κ2) is 8.95. The molecule has 1 aliphatic heterocycles. The van der Waals surface area contributed by atoms with Gasteiger partial charge >= 0.3 is 6.36 Å². The zero-order valence-corrected chi connectivity index (χ0v) is 19.0. The zero-order chi connectivity index (χ0) is 24.6. The quantitative estimate of drug-likeness (QED) is 0.562. The van der Waals surface area contributed by atoms with Crippen molar-refractivity contribution in [2.24, 2.45) is 0 Å². The van der Waals surface area contributed by atoms with Crippen molar-refractivity contribution >= 4 is 5.91 Å². The molecule has 2 heterocycles. The number of ether oxygens (including phenoxy) is 1. The van der Waals surface area contributed by atoms with E-state index in [0.29, 0.717) is 41.0 Å². The van der Waals surface area contributed by atoms with Crippen LogP contribution in [0.3, 0.4) is 0 Å². The van der Waals surface area contributed by atoms with Crippen LogP contribution >= 0.6 is 0 Å². The number of hydrogen-bond acceptors (Lipinski definition) is 4. The Morgan fingerprint density at radius 3 is 2.47 bits per heavy atom. The molecule has 0 aliphatic carbocycles. The van der Waals surface area contributed by atoms with Gasteiger partial charge in [0, 0.05) is 35.7 Å². The number of H-pyrrole nitrogens is 1. The van der Waals surface area contributed by atoms with Crippen molar-refractivity contribution in [3.8, 4) is 17.3 Å². The molecule has 176 valence electrons. The van der Waals surface area contributed by atoms with E-state index in [9.17, 15) is 18.0 Å². The van der Waals surface area contributed by atoms with Crippen LogP contribution in [-0.2, 0) is 11.3 Å². The van der Waals surface area contributed by atoms with E-state index in [0.717, 1.165) is 16.7 Å². The Balaban J connectivity index is 1.53. The standard InChI is InChI=1S/C25H23F3N4O2/c1-14-8-15(2)21(9-20(14)23-16(3)22(30-31-23)13-34-25(26,27)28)24(33)32-11-19(12-32)18-6-4-17(10-29)5-7-18/h4-9,19H,11-13H2,1-3H3,(H,30,31). The summed E-state index contributed by atoms with van der Waals surface area (Å²) in [7, 11) is 0. The average Bonchev–Trinajstić information content (AvgIpc) is 3.11. The molecule has 4 rings (SSSR count). The van der Waals surface area contributed by atoms with E-state index < -0.39 is 13.0 Å². The van der Waals surface area contributed by atoms with Crippen LogP contribution in [0.15, 0.2) is 36.4 Å². The maximum atomic E-state index is 13.2. The Morgan fingerprint density at radius 1 is 1.18 bits per heavy atom. The molecule has 1 saturated heterocycles. The van der Waals surface area contributed by atoms with Gasteiger partial charge in [0.2, 0.25) is 0 Å².